The molecule has 1 fully saturated rings. The van der Waals surface area contributed by atoms with Gasteiger partial charge in [0.1, 0.15) is 6.61 Å². The van der Waals surface area contributed by atoms with Crippen LogP contribution in [0.4, 0.5) is 5.69 Å². The lowest BCUT2D eigenvalue weighted by Gasteiger charge is -2.15. The Hall–Kier alpha value is -2.98. The summed E-state index contributed by atoms with van der Waals surface area (Å²) in [6.45, 7) is 4.80. The van der Waals surface area contributed by atoms with Crippen LogP contribution < -0.4 is 9.47 Å². The number of halogens is 3. The summed E-state index contributed by atoms with van der Waals surface area (Å²) in [5, 5.41) is 10.7. The summed E-state index contributed by atoms with van der Waals surface area (Å²) in [5.41, 5.74) is 2.24. The van der Waals surface area contributed by atoms with Gasteiger partial charge in [-0.15, -0.1) is 0 Å². The molecule has 3 aromatic carbocycles. The number of nitrogens with zero attached hydrogens (tertiary/aromatic N) is 2. The number of aromatic carboxylic acids is 1. The summed E-state index contributed by atoms with van der Waals surface area (Å²) in [6.07, 6.45) is 1.78. The molecule has 0 unspecified atom stereocenters. The molecule has 202 valence electrons. The van der Waals surface area contributed by atoms with Gasteiger partial charge in [0, 0.05) is 22.2 Å². The van der Waals surface area contributed by atoms with Crippen molar-refractivity contribution in [2.45, 2.75) is 20.5 Å². The van der Waals surface area contributed by atoms with Crippen molar-refractivity contribution >= 4 is 79.7 Å². The zero-order valence-corrected chi connectivity index (χ0v) is 24.8. The highest BCUT2D eigenvalue weighted by molar-refractivity contribution is 9.10. The minimum atomic E-state index is -1.01. The summed E-state index contributed by atoms with van der Waals surface area (Å²) in [6, 6.07) is 15.0. The van der Waals surface area contributed by atoms with Gasteiger partial charge < -0.3 is 14.6 Å². The summed E-state index contributed by atoms with van der Waals surface area (Å²) in [5.74, 6) is -0.158. The summed E-state index contributed by atoms with van der Waals surface area (Å²) in [7, 11) is 0. The second-order valence-corrected chi connectivity index (χ2v) is 10.9. The van der Waals surface area contributed by atoms with E-state index in [-0.39, 0.29) is 18.1 Å². The Bertz CT molecular complexity index is 1480. The zero-order valence-electron chi connectivity index (χ0n) is 20.9. The molecule has 4 rings (SSSR count). The number of amides is 1. The number of ether oxygens (including phenoxy) is 2. The molecule has 3 aromatic rings. The highest BCUT2D eigenvalue weighted by Gasteiger charge is 2.32. The maximum atomic E-state index is 13.2. The number of thioether (sulfide) groups is 1. The van der Waals surface area contributed by atoms with E-state index in [1.165, 1.54) is 23.9 Å². The Morgan fingerprint density at radius 1 is 1.10 bits per heavy atom. The number of benzene rings is 3. The number of likely N-dealkylation sites (N-methyl/N-ethyl adjacent to an activating group) is 1. The van der Waals surface area contributed by atoms with Crippen molar-refractivity contribution in [1.29, 1.82) is 0 Å². The van der Waals surface area contributed by atoms with E-state index in [4.69, 9.17) is 37.8 Å². The molecular weight excluding hydrogens is 627 g/mol. The van der Waals surface area contributed by atoms with Crippen LogP contribution in [0.3, 0.4) is 0 Å². The number of carbonyl (C=O) groups is 2. The number of amidine groups is 1. The van der Waals surface area contributed by atoms with Crippen molar-refractivity contribution in [3.8, 4) is 11.5 Å². The van der Waals surface area contributed by atoms with Gasteiger partial charge in [0.05, 0.1) is 27.2 Å². The molecule has 0 atom stereocenters. The largest absolute Gasteiger partial charge is 0.490 e. The summed E-state index contributed by atoms with van der Waals surface area (Å²) in [4.78, 5) is 30.9. The van der Waals surface area contributed by atoms with Crippen LogP contribution >= 0.6 is 50.9 Å². The predicted octanol–water partition coefficient (Wildman–Crippen LogP) is 8.06. The van der Waals surface area contributed by atoms with E-state index in [0.29, 0.717) is 54.9 Å². The van der Waals surface area contributed by atoms with Crippen LogP contribution in [0.25, 0.3) is 6.08 Å². The Morgan fingerprint density at radius 3 is 2.49 bits per heavy atom. The fourth-order valence-electron chi connectivity index (χ4n) is 3.67. The van der Waals surface area contributed by atoms with E-state index in [0.717, 1.165) is 11.1 Å². The molecule has 0 bridgehead atoms. The van der Waals surface area contributed by atoms with Crippen LogP contribution in [-0.4, -0.2) is 40.2 Å². The Morgan fingerprint density at radius 2 is 1.85 bits per heavy atom. The predicted molar refractivity (Wildman–Crippen MR) is 160 cm³/mol. The Kier molecular flexibility index (Phi) is 9.61. The number of rotatable bonds is 9. The third-order valence-corrected chi connectivity index (χ3v) is 7.74. The first-order valence-corrected chi connectivity index (χ1v) is 14.2. The SMILES string of the molecule is CCOc1cc(/C=C2\SC(=Nc3ccc(C(=O)O)cc3)N(CC)C2=O)cc(Br)c1OCc1ccc(Cl)cc1Cl. The van der Waals surface area contributed by atoms with Gasteiger partial charge in [0.2, 0.25) is 0 Å². The molecule has 0 spiro atoms. The maximum Gasteiger partial charge on any atom is 0.335 e. The van der Waals surface area contributed by atoms with E-state index in [1.54, 1.807) is 41.3 Å². The van der Waals surface area contributed by atoms with Crippen molar-refractivity contribution in [2.75, 3.05) is 13.2 Å². The molecule has 1 amide bonds. The van der Waals surface area contributed by atoms with Crippen LogP contribution in [-0.2, 0) is 11.4 Å². The summed E-state index contributed by atoms with van der Waals surface area (Å²) >= 11 is 17.1. The molecule has 0 aromatic heterocycles. The number of carboxylic acid groups (broad SMARTS) is 1. The molecule has 1 aliphatic heterocycles. The van der Waals surface area contributed by atoms with Crippen molar-refractivity contribution in [3.63, 3.8) is 0 Å². The topological polar surface area (TPSA) is 88.4 Å². The van der Waals surface area contributed by atoms with Crippen LogP contribution in [0.5, 0.6) is 11.5 Å². The number of carbonyl (C=O) groups excluding carboxylic acids is 1. The molecule has 1 aliphatic rings. The third kappa shape index (κ3) is 6.97. The standard InChI is InChI=1S/C28H23BrCl2N2O5S/c1-3-33-26(34)24(39-28(33)32-20-9-6-17(7-10-20)27(35)36)13-16-11-21(29)25(23(12-16)37-4-2)38-15-18-5-8-19(30)14-22(18)31/h5-14H,3-4,15H2,1-2H3,(H,35,36)/b24-13-,32-28?. The molecule has 1 heterocycles. The maximum absolute atomic E-state index is 13.2. The van der Waals surface area contributed by atoms with Crippen LogP contribution in [0.1, 0.15) is 35.3 Å². The van der Waals surface area contributed by atoms with Gasteiger partial charge in [0.15, 0.2) is 16.7 Å². The molecule has 0 radical (unpaired) electrons. The normalized spacial score (nSPS) is 15.3. The fraction of sp³-hybridized carbons (Fsp3) is 0.179. The first-order valence-electron chi connectivity index (χ1n) is 11.9. The van der Waals surface area contributed by atoms with Crippen molar-refractivity contribution in [2.24, 2.45) is 4.99 Å². The zero-order chi connectivity index (χ0) is 28.1. The number of hydrogen-bond donors (Lipinski definition) is 1. The smallest absolute Gasteiger partial charge is 0.335 e. The third-order valence-electron chi connectivity index (χ3n) is 5.56. The molecule has 0 aliphatic carbocycles. The van der Waals surface area contributed by atoms with Crippen LogP contribution in [0.15, 0.2) is 69.0 Å². The van der Waals surface area contributed by atoms with Crippen LogP contribution in [0.2, 0.25) is 10.0 Å². The van der Waals surface area contributed by atoms with Gasteiger partial charge in [-0.3, -0.25) is 9.69 Å². The second kappa shape index (κ2) is 12.9. The van der Waals surface area contributed by atoms with E-state index in [2.05, 4.69) is 20.9 Å². The molecule has 7 nitrogen and oxygen atoms in total. The molecule has 1 N–H and O–H groups in total. The van der Waals surface area contributed by atoms with Gasteiger partial charge in [-0.05, 0) is 102 Å². The lowest BCUT2D eigenvalue weighted by molar-refractivity contribution is -0.122. The van der Waals surface area contributed by atoms with E-state index >= 15 is 0 Å². The lowest BCUT2D eigenvalue weighted by Crippen LogP contribution is -2.28. The molecular formula is C28H23BrCl2N2O5S. The second-order valence-electron chi connectivity index (χ2n) is 8.19. The molecule has 39 heavy (non-hydrogen) atoms. The Labute approximate surface area is 248 Å². The highest BCUT2D eigenvalue weighted by atomic mass is 79.9. The number of aliphatic imine (C=N–C) groups is 1. The molecule has 1 saturated heterocycles. The van der Waals surface area contributed by atoms with Crippen molar-refractivity contribution < 1.29 is 24.2 Å². The minimum absolute atomic E-state index is 0.168. The highest BCUT2D eigenvalue weighted by Crippen LogP contribution is 2.40. The van der Waals surface area contributed by atoms with Gasteiger partial charge in [-0.25, -0.2) is 9.79 Å². The Balaban J connectivity index is 1.60. The van der Waals surface area contributed by atoms with E-state index in [1.807, 2.05) is 26.0 Å². The number of carboxylic acids is 1. The van der Waals surface area contributed by atoms with Gasteiger partial charge in [-0.1, -0.05) is 29.3 Å². The van der Waals surface area contributed by atoms with Gasteiger partial charge >= 0.3 is 5.97 Å². The van der Waals surface area contributed by atoms with Crippen LogP contribution in [0, 0.1) is 0 Å². The monoisotopic (exact) mass is 648 g/mol. The van der Waals surface area contributed by atoms with Gasteiger partial charge in [0.25, 0.3) is 5.91 Å². The van der Waals surface area contributed by atoms with Crippen molar-refractivity contribution in [1.82, 2.24) is 4.90 Å². The first-order chi connectivity index (χ1) is 18.7. The first kappa shape index (κ1) is 29.0. The summed E-state index contributed by atoms with van der Waals surface area (Å²) < 4.78 is 12.6. The van der Waals surface area contributed by atoms with Crippen molar-refractivity contribution in [3.05, 3.63) is 90.7 Å². The van der Waals surface area contributed by atoms with Gasteiger partial charge in [-0.2, -0.15) is 0 Å². The fourth-order valence-corrected chi connectivity index (χ4v) is 5.77. The average Bonchev–Trinajstić information content (AvgIpc) is 3.18. The molecule has 0 saturated carbocycles. The lowest BCUT2D eigenvalue weighted by atomic mass is 10.1. The minimum Gasteiger partial charge on any atom is -0.490 e. The van der Waals surface area contributed by atoms with E-state index in [9.17, 15) is 9.59 Å². The molecule has 11 heteroatoms. The average molecular weight is 650 g/mol. The van der Waals surface area contributed by atoms with E-state index < -0.39 is 5.97 Å². The quantitative estimate of drug-likeness (QED) is 0.236. The number of hydrogen-bond acceptors (Lipinski definition) is 6.